The second-order valence-corrected chi connectivity index (χ2v) is 8.05. The monoisotopic (exact) mass is 505 g/mol. The molecule has 0 unspecified atom stereocenters. The Bertz CT molecular complexity index is 1090. The number of benzene rings is 2. The van der Waals surface area contributed by atoms with Crippen molar-refractivity contribution in [1.82, 2.24) is 0 Å². The van der Waals surface area contributed by atoms with Gasteiger partial charge in [0.2, 0.25) is 5.91 Å². The van der Waals surface area contributed by atoms with Gasteiger partial charge in [0.1, 0.15) is 5.75 Å². The number of amides is 2. The molecule has 1 fully saturated rings. The molecule has 10 nitrogen and oxygen atoms in total. The molecule has 11 heteroatoms. The van der Waals surface area contributed by atoms with Gasteiger partial charge in [-0.25, -0.2) is 0 Å². The maximum absolute atomic E-state index is 12.5. The third-order valence-electron chi connectivity index (χ3n) is 4.93. The lowest BCUT2D eigenvalue weighted by atomic mass is 10.1. The van der Waals surface area contributed by atoms with E-state index in [2.05, 4.69) is 21.2 Å². The number of nitro benzene ring substituents is 1. The summed E-state index contributed by atoms with van der Waals surface area (Å²) in [5.74, 6) is -2.16. The fraction of sp³-hybridized carbons (Fsp3) is 0.286. The highest BCUT2D eigenvalue weighted by molar-refractivity contribution is 9.10. The van der Waals surface area contributed by atoms with E-state index in [-0.39, 0.29) is 30.3 Å². The van der Waals surface area contributed by atoms with E-state index >= 15 is 0 Å². The second-order valence-electron chi connectivity index (χ2n) is 7.13. The van der Waals surface area contributed by atoms with Crippen LogP contribution in [0.25, 0.3) is 0 Å². The van der Waals surface area contributed by atoms with Gasteiger partial charge in [-0.05, 0) is 36.8 Å². The molecule has 32 heavy (non-hydrogen) atoms. The lowest BCUT2D eigenvalue weighted by Gasteiger charge is -2.19. The molecule has 0 aromatic heterocycles. The minimum Gasteiger partial charge on any atom is -0.494 e. The van der Waals surface area contributed by atoms with Gasteiger partial charge in [-0.2, -0.15) is 0 Å². The highest BCUT2D eigenvalue weighted by Crippen LogP contribution is 2.36. The molecule has 2 aromatic rings. The molecule has 1 aliphatic heterocycles. The summed E-state index contributed by atoms with van der Waals surface area (Å²) in [4.78, 5) is 48.7. The number of esters is 1. The Morgan fingerprint density at radius 3 is 2.69 bits per heavy atom. The number of nitrogens with one attached hydrogen (secondary N) is 1. The molecule has 168 valence electrons. The van der Waals surface area contributed by atoms with Gasteiger partial charge in [0.05, 0.1) is 29.7 Å². The predicted octanol–water partition coefficient (Wildman–Crippen LogP) is 3.21. The van der Waals surface area contributed by atoms with Gasteiger partial charge in [0.25, 0.3) is 11.6 Å². The Kier molecular flexibility index (Phi) is 7.08. The molecule has 2 amide bonds. The van der Waals surface area contributed by atoms with Crippen LogP contribution in [0.3, 0.4) is 0 Å². The van der Waals surface area contributed by atoms with Crippen molar-refractivity contribution in [3.63, 3.8) is 0 Å². The highest BCUT2D eigenvalue weighted by atomic mass is 79.9. The molecule has 0 spiro atoms. The first kappa shape index (κ1) is 23.2. The average molecular weight is 506 g/mol. The summed E-state index contributed by atoms with van der Waals surface area (Å²) in [6.07, 6.45) is -0.105. The van der Waals surface area contributed by atoms with Gasteiger partial charge >= 0.3 is 5.97 Å². The zero-order valence-corrected chi connectivity index (χ0v) is 18.9. The van der Waals surface area contributed by atoms with Crippen molar-refractivity contribution < 1.29 is 28.8 Å². The highest BCUT2D eigenvalue weighted by Gasteiger charge is 2.37. The van der Waals surface area contributed by atoms with E-state index in [1.807, 2.05) is 13.0 Å². The number of hydrogen-bond donors (Lipinski definition) is 1. The van der Waals surface area contributed by atoms with Crippen LogP contribution in [0.15, 0.2) is 40.9 Å². The number of methoxy groups -OCH3 is 1. The maximum atomic E-state index is 12.5. The summed E-state index contributed by atoms with van der Waals surface area (Å²) in [5.41, 5.74) is 1.58. The minimum absolute atomic E-state index is 0.0132. The van der Waals surface area contributed by atoms with Crippen molar-refractivity contribution in [2.75, 3.05) is 30.5 Å². The predicted molar refractivity (Wildman–Crippen MR) is 119 cm³/mol. The first-order chi connectivity index (χ1) is 15.2. The number of anilines is 2. The summed E-state index contributed by atoms with van der Waals surface area (Å²) in [6.45, 7) is 1.36. The van der Waals surface area contributed by atoms with Gasteiger partial charge < -0.3 is 19.7 Å². The number of carbonyl (C=O) groups excluding carboxylic acids is 3. The topological polar surface area (TPSA) is 128 Å². The van der Waals surface area contributed by atoms with Crippen molar-refractivity contribution in [3.8, 4) is 5.75 Å². The third kappa shape index (κ3) is 5.22. The van der Waals surface area contributed by atoms with Crippen molar-refractivity contribution in [2.45, 2.75) is 13.3 Å². The lowest BCUT2D eigenvalue weighted by Crippen LogP contribution is -2.28. The quantitative estimate of drug-likeness (QED) is 0.347. The molecule has 1 aliphatic rings. The molecule has 1 saturated heterocycles. The van der Waals surface area contributed by atoms with Crippen molar-refractivity contribution in [1.29, 1.82) is 0 Å². The van der Waals surface area contributed by atoms with Crippen LogP contribution in [0.4, 0.5) is 17.1 Å². The minimum atomic E-state index is -0.774. The third-order valence-corrected chi connectivity index (χ3v) is 5.42. The summed E-state index contributed by atoms with van der Waals surface area (Å²) in [7, 11) is 1.33. The van der Waals surface area contributed by atoms with Crippen molar-refractivity contribution in [3.05, 3.63) is 56.5 Å². The number of nitrogens with zero attached hydrogens (tertiary/aromatic N) is 2. The molecule has 1 N–H and O–H groups in total. The zero-order valence-electron chi connectivity index (χ0n) is 17.3. The molecule has 0 radical (unpaired) electrons. The number of rotatable bonds is 7. The fourth-order valence-corrected chi connectivity index (χ4v) is 3.78. The van der Waals surface area contributed by atoms with Crippen molar-refractivity contribution >= 4 is 50.8 Å². The zero-order chi connectivity index (χ0) is 23.4. The summed E-state index contributed by atoms with van der Waals surface area (Å²) < 4.78 is 11.2. The van der Waals surface area contributed by atoms with E-state index < -0.39 is 29.3 Å². The number of ether oxygens (including phenoxy) is 2. The summed E-state index contributed by atoms with van der Waals surface area (Å²) >= 11 is 3.34. The number of nitro groups is 1. The first-order valence-electron chi connectivity index (χ1n) is 9.55. The van der Waals surface area contributed by atoms with Crippen LogP contribution in [0, 0.1) is 23.0 Å². The molecule has 0 saturated carbocycles. The average Bonchev–Trinajstić information content (AvgIpc) is 3.15. The molecule has 0 bridgehead atoms. The van der Waals surface area contributed by atoms with Crippen LogP contribution in [-0.4, -0.2) is 43.0 Å². The normalized spacial score (nSPS) is 15.4. The number of non-ortho nitro benzene ring substituents is 1. The van der Waals surface area contributed by atoms with E-state index in [1.54, 1.807) is 12.1 Å². The lowest BCUT2D eigenvalue weighted by molar-refractivity contribution is -0.384. The van der Waals surface area contributed by atoms with Crippen LogP contribution in [0.5, 0.6) is 5.75 Å². The fourth-order valence-electron chi connectivity index (χ4n) is 3.31. The maximum Gasteiger partial charge on any atom is 0.311 e. The Morgan fingerprint density at radius 1 is 1.28 bits per heavy atom. The largest absolute Gasteiger partial charge is 0.494 e. The van der Waals surface area contributed by atoms with Crippen LogP contribution < -0.4 is 15.0 Å². The summed E-state index contributed by atoms with van der Waals surface area (Å²) in [5, 5.41) is 13.6. The molecule has 1 atom stereocenters. The smallest absolute Gasteiger partial charge is 0.311 e. The van der Waals surface area contributed by atoms with E-state index in [0.717, 1.165) is 10.0 Å². The van der Waals surface area contributed by atoms with Gasteiger partial charge in [-0.3, -0.25) is 24.5 Å². The Hall–Kier alpha value is -3.47. The number of carbonyl (C=O) groups is 3. The number of hydrogen-bond acceptors (Lipinski definition) is 7. The van der Waals surface area contributed by atoms with Gasteiger partial charge in [0.15, 0.2) is 6.61 Å². The van der Waals surface area contributed by atoms with Crippen LogP contribution in [0.2, 0.25) is 0 Å². The molecular weight excluding hydrogens is 486 g/mol. The first-order valence-corrected chi connectivity index (χ1v) is 10.3. The van der Waals surface area contributed by atoms with E-state index in [0.29, 0.717) is 11.4 Å². The molecule has 0 aliphatic carbocycles. The van der Waals surface area contributed by atoms with Crippen LogP contribution in [0.1, 0.15) is 12.0 Å². The van der Waals surface area contributed by atoms with E-state index in [9.17, 15) is 24.5 Å². The Morgan fingerprint density at radius 2 is 2.03 bits per heavy atom. The Labute approximate surface area is 191 Å². The van der Waals surface area contributed by atoms with Gasteiger partial charge in [-0.1, -0.05) is 15.9 Å². The number of halogens is 1. The second kappa shape index (κ2) is 9.77. The SMILES string of the molecule is COc1cc([N+](=O)[O-])ccc1N1C[C@@H](C(=O)OCC(=O)Nc2ccc(Br)cc2C)CC1=O. The standard InChI is InChI=1S/C21H20BrN3O7/c1-12-7-14(22)3-5-16(12)23-19(26)11-32-21(28)13-8-20(27)24(10-13)17-6-4-15(25(29)30)9-18(17)31-2/h3-7,9,13H,8,10-11H2,1-2H3,(H,23,26)/t13-/m0/s1. The molecule has 2 aromatic carbocycles. The van der Waals surface area contributed by atoms with Crippen LogP contribution in [-0.2, 0) is 19.1 Å². The molecule has 1 heterocycles. The number of aryl methyl sites for hydroxylation is 1. The van der Waals surface area contributed by atoms with E-state index in [1.165, 1.54) is 30.2 Å². The van der Waals surface area contributed by atoms with Crippen LogP contribution >= 0.6 is 15.9 Å². The van der Waals surface area contributed by atoms with Gasteiger partial charge in [-0.15, -0.1) is 0 Å². The van der Waals surface area contributed by atoms with Crippen molar-refractivity contribution in [2.24, 2.45) is 5.92 Å². The summed E-state index contributed by atoms with van der Waals surface area (Å²) in [6, 6.07) is 9.21. The van der Waals surface area contributed by atoms with E-state index in [4.69, 9.17) is 9.47 Å². The van der Waals surface area contributed by atoms with Gasteiger partial charge in [0, 0.05) is 29.2 Å². The molecular formula is C21H20BrN3O7. The Balaban J connectivity index is 1.60. The molecule has 3 rings (SSSR count).